The van der Waals surface area contributed by atoms with Crippen LogP contribution in [0.15, 0.2) is 47.4 Å². The van der Waals surface area contributed by atoms with Crippen LogP contribution in [0.2, 0.25) is 0 Å². The minimum atomic E-state index is -3.77. The summed E-state index contributed by atoms with van der Waals surface area (Å²) in [5, 5.41) is 10.9. The topological polar surface area (TPSA) is 92.5 Å². The van der Waals surface area contributed by atoms with E-state index in [1.165, 1.54) is 23.3 Å². The second-order valence-corrected chi connectivity index (χ2v) is 8.49. The van der Waals surface area contributed by atoms with Crippen molar-refractivity contribution >= 4 is 28.1 Å². The number of hydrogen-bond donors (Lipinski definition) is 1. The van der Waals surface area contributed by atoms with Gasteiger partial charge in [-0.3, -0.25) is 15.0 Å². The van der Waals surface area contributed by atoms with Gasteiger partial charge in [0.15, 0.2) is 0 Å². The van der Waals surface area contributed by atoms with Crippen LogP contribution in [0.5, 0.6) is 0 Å². The molecule has 9 heteroatoms. The van der Waals surface area contributed by atoms with Gasteiger partial charge in [0, 0.05) is 31.8 Å². The molecule has 0 bridgehead atoms. The average Bonchev–Trinajstić information content (AvgIpc) is 2.65. The van der Waals surface area contributed by atoms with Crippen molar-refractivity contribution in [3.05, 3.63) is 69.3 Å². The summed E-state index contributed by atoms with van der Waals surface area (Å²) in [5.41, 5.74) is 2.97. The van der Waals surface area contributed by atoms with Crippen LogP contribution in [0.3, 0.4) is 0 Å². The monoisotopic (exact) mass is 425 g/mol. The van der Waals surface area contributed by atoms with Gasteiger partial charge in [-0.2, -0.15) is 0 Å². The lowest BCUT2D eigenvalue weighted by atomic mass is 10.00. The number of halogens is 1. The Morgan fingerprint density at radius 3 is 2.61 bits per heavy atom. The minimum absolute atomic E-state index is 0. The Labute approximate surface area is 171 Å². The van der Waals surface area contributed by atoms with Crippen LogP contribution in [0.4, 0.5) is 5.69 Å². The fraction of sp³-hybridized carbons (Fsp3) is 0.368. The van der Waals surface area contributed by atoms with E-state index in [1.54, 1.807) is 6.92 Å². The van der Waals surface area contributed by atoms with E-state index in [0.29, 0.717) is 18.5 Å². The third-order valence-electron chi connectivity index (χ3n) is 4.82. The molecule has 0 spiro atoms. The molecule has 0 aromatic heterocycles. The minimum Gasteiger partial charge on any atom is -0.299 e. The SMILES string of the molecule is Cc1ccc([N+](=O)[O-])cc1S(=O)(=O)NCCCN1CCc2ccccc2C1.Cl. The number of nitrogens with zero attached hydrogens (tertiary/aromatic N) is 2. The second-order valence-electron chi connectivity index (χ2n) is 6.75. The Hall–Kier alpha value is -2.00. The number of aryl methyl sites for hydroxylation is 1. The summed E-state index contributed by atoms with van der Waals surface area (Å²) in [6, 6.07) is 12.3. The molecule has 152 valence electrons. The van der Waals surface area contributed by atoms with Crippen LogP contribution in [0.25, 0.3) is 0 Å². The molecule has 0 saturated carbocycles. The van der Waals surface area contributed by atoms with E-state index < -0.39 is 14.9 Å². The van der Waals surface area contributed by atoms with E-state index in [0.717, 1.165) is 32.1 Å². The number of sulfonamides is 1. The van der Waals surface area contributed by atoms with Gasteiger partial charge in [-0.1, -0.05) is 30.3 Å². The van der Waals surface area contributed by atoms with Gasteiger partial charge < -0.3 is 0 Å². The molecule has 2 aromatic carbocycles. The van der Waals surface area contributed by atoms with E-state index in [1.807, 2.05) is 6.07 Å². The normalized spacial score (nSPS) is 14.2. The molecule has 0 saturated heterocycles. The van der Waals surface area contributed by atoms with Crippen molar-refractivity contribution in [2.24, 2.45) is 0 Å². The van der Waals surface area contributed by atoms with Crippen LogP contribution in [0, 0.1) is 17.0 Å². The Balaban J connectivity index is 0.00000280. The van der Waals surface area contributed by atoms with Gasteiger partial charge >= 0.3 is 0 Å². The quantitative estimate of drug-likeness (QED) is 0.418. The number of nitrogens with one attached hydrogen (secondary N) is 1. The number of rotatable bonds is 7. The molecule has 2 aromatic rings. The average molecular weight is 426 g/mol. The van der Waals surface area contributed by atoms with Crippen LogP contribution in [-0.4, -0.2) is 37.9 Å². The van der Waals surface area contributed by atoms with Gasteiger partial charge in [-0.15, -0.1) is 12.4 Å². The summed E-state index contributed by atoms with van der Waals surface area (Å²) in [4.78, 5) is 12.6. The number of non-ortho nitro benzene ring substituents is 1. The molecule has 0 fully saturated rings. The maximum atomic E-state index is 12.5. The predicted molar refractivity (Wildman–Crippen MR) is 110 cm³/mol. The standard InChI is InChI=1S/C19H23N3O4S.ClH/c1-15-7-8-18(22(23)24)13-19(15)27(25,26)20-10-4-11-21-12-9-16-5-2-3-6-17(16)14-21;/h2-3,5-8,13,20H,4,9-12,14H2,1H3;1H. The molecule has 0 radical (unpaired) electrons. The van der Waals surface area contributed by atoms with Crippen LogP contribution in [-0.2, 0) is 23.0 Å². The Kier molecular flexibility index (Phi) is 7.54. The van der Waals surface area contributed by atoms with Gasteiger partial charge in [-0.25, -0.2) is 13.1 Å². The molecule has 28 heavy (non-hydrogen) atoms. The van der Waals surface area contributed by atoms with Crippen molar-refractivity contribution in [1.82, 2.24) is 9.62 Å². The predicted octanol–water partition coefficient (Wildman–Crippen LogP) is 3.05. The van der Waals surface area contributed by atoms with Gasteiger partial charge in [-0.05, 0) is 43.0 Å². The molecule has 1 aliphatic heterocycles. The van der Waals surface area contributed by atoms with Gasteiger partial charge in [0.05, 0.1) is 9.82 Å². The van der Waals surface area contributed by atoms with Crippen LogP contribution >= 0.6 is 12.4 Å². The second kappa shape index (κ2) is 9.47. The Morgan fingerprint density at radius 2 is 1.89 bits per heavy atom. The Morgan fingerprint density at radius 1 is 1.18 bits per heavy atom. The summed E-state index contributed by atoms with van der Waals surface area (Å²) < 4.78 is 27.6. The molecule has 1 heterocycles. The van der Waals surface area contributed by atoms with Gasteiger partial charge in [0.25, 0.3) is 5.69 Å². The van der Waals surface area contributed by atoms with Crippen molar-refractivity contribution in [2.75, 3.05) is 19.6 Å². The zero-order valence-electron chi connectivity index (χ0n) is 15.6. The first-order chi connectivity index (χ1) is 12.9. The summed E-state index contributed by atoms with van der Waals surface area (Å²) in [6.45, 7) is 4.57. The highest BCUT2D eigenvalue weighted by Gasteiger charge is 2.20. The van der Waals surface area contributed by atoms with Crippen molar-refractivity contribution < 1.29 is 13.3 Å². The smallest absolute Gasteiger partial charge is 0.270 e. The van der Waals surface area contributed by atoms with E-state index in [4.69, 9.17) is 0 Å². The fourth-order valence-electron chi connectivity index (χ4n) is 3.32. The molecule has 3 rings (SSSR count). The Bertz CT molecular complexity index is 950. The summed E-state index contributed by atoms with van der Waals surface area (Å²) >= 11 is 0. The van der Waals surface area contributed by atoms with Gasteiger partial charge in [0.2, 0.25) is 10.0 Å². The lowest BCUT2D eigenvalue weighted by molar-refractivity contribution is -0.385. The van der Waals surface area contributed by atoms with Crippen molar-refractivity contribution in [3.63, 3.8) is 0 Å². The molecular formula is C19H24ClN3O4S. The first-order valence-corrected chi connectivity index (χ1v) is 10.4. The van der Waals surface area contributed by atoms with Crippen molar-refractivity contribution in [2.45, 2.75) is 31.2 Å². The highest BCUT2D eigenvalue weighted by atomic mass is 35.5. The molecule has 7 nitrogen and oxygen atoms in total. The largest absolute Gasteiger partial charge is 0.299 e. The number of nitro groups is 1. The maximum Gasteiger partial charge on any atom is 0.270 e. The van der Waals surface area contributed by atoms with E-state index in [-0.39, 0.29) is 23.0 Å². The fourth-order valence-corrected chi connectivity index (χ4v) is 4.66. The van der Waals surface area contributed by atoms with E-state index in [9.17, 15) is 18.5 Å². The summed E-state index contributed by atoms with van der Waals surface area (Å²) in [7, 11) is -3.77. The molecule has 0 aliphatic carbocycles. The molecule has 0 atom stereocenters. The summed E-state index contributed by atoms with van der Waals surface area (Å²) in [6.07, 6.45) is 1.68. The third-order valence-corrected chi connectivity index (χ3v) is 6.43. The summed E-state index contributed by atoms with van der Waals surface area (Å²) in [5.74, 6) is 0. The molecular weight excluding hydrogens is 402 g/mol. The van der Waals surface area contributed by atoms with Crippen molar-refractivity contribution in [3.8, 4) is 0 Å². The number of hydrogen-bond acceptors (Lipinski definition) is 5. The lowest BCUT2D eigenvalue weighted by Crippen LogP contribution is -2.33. The highest BCUT2D eigenvalue weighted by Crippen LogP contribution is 2.22. The molecule has 0 unspecified atom stereocenters. The molecule has 0 amide bonds. The number of nitro benzene ring substituents is 1. The zero-order chi connectivity index (χ0) is 19.4. The molecule has 1 N–H and O–H groups in total. The third kappa shape index (κ3) is 5.29. The van der Waals surface area contributed by atoms with E-state index >= 15 is 0 Å². The van der Waals surface area contributed by atoms with Crippen molar-refractivity contribution in [1.29, 1.82) is 0 Å². The zero-order valence-corrected chi connectivity index (χ0v) is 17.3. The first-order valence-electron chi connectivity index (χ1n) is 8.91. The number of benzene rings is 2. The highest BCUT2D eigenvalue weighted by molar-refractivity contribution is 7.89. The first kappa shape index (κ1) is 22.3. The van der Waals surface area contributed by atoms with Gasteiger partial charge in [0.1, 0.15) is 0 Å². The maximum absolute atomic E-state index is 12.5. The van der Waals surface area contributed by atoms with E-state index in [2.05, 4.69) is 27.8 Å². The lowest BCUT2D eigenvalue weighted by Gasteiger charge is -2.28. The van der Waals surface area contributed by atoms with Crippen LogP contribution < -0.4 is 4.72 Å². The molecule has 1 aliphatic rings. The number of fused-ring (bicyclic) bond motifs is 1. The van der Waals surface area contributed by atoms with Crippen LogP contribution in [0.1, 0.15) is 23.1 Å².